The summed E-state index contributed by atoms with van der Waals surface area (Å²) in [7, 11) is 0. The zero-order valence-corrected chi connectivity index (χ0v) is 9.42. The van der Waals surface area contributed by atoms with Crippen LogP contribution in [-0.4, -0.2) is 0 Å². The number of benzene rings is 1. The van der Waals surface area contributed by atoms with Gasteiger partial charge in [-0.05, 0) is 48.4 Å². The number of anilines is 1. The van der Waals surface area contributed by atoms with Crippen LogP contribution in [0.15, 0.2) is 12.1 Å². The van der Waals surface area contributed by atoms with Crippen molar-refractivity contribution < 1.29 is 0 Å². The number of nitrogen functional groups attached to an aromatic ring is 1. The van der Waals surface area contributed by atoms with Gasteiger partial charge in [0.1, 0.15) is 0 Å². The second kappa shape index (κ2) is 4.23. The fraction of sp³-hybridized carbons (Fsp3) is 0.538. The second-order valence-electron chi connectivity index (χ2n) is 4.50. The van der Waals surface area contributed by atoms with Crippen LogP contribution in [0.3, 0.4) is 0 Å². The van der Waals surface area contributed by atoms with Crippen LogP contribution in [0.2, 0.25) is 0 Å². The van der Waals surface area contributed by atoms with Crippen molar-refractivity contribution >= 4 is 5.69 Å². The predicted molar refractivity (Wildman–Crippen MR) is 64.7 cm³/mol. The lowest BCUT2D eigenvalue weighted by molar-refractivity contribution is 0.639. The lowest BCUT2D eigenvalue weighted by Gasteiger charge is -2.15. The average Bonchev–Trinajstić information content (AvgIpc) is 2.63. The quantitative estimate of drug-likeness (QED) is 0.743. The average molecular weight is 204 g/mol. The summed E-state index contributed by atoms with van der Waals surface area (Å²) in [6, 6.07) is 4.48. The Kier molecular flexibility index (Phi) is 2.96. The molecule has 15 heavy (non-hydrogen) atoms. The van der Waals surface area contributed by atoms with Gasteiger partial charge in [-0.3, -0.25) is 0 Å². The molecule has 0 fully saturated rings. The van der Waals surface area contributed by atoms with E-state index in [9.17, 15) is 0 Å². The van der Waals surface area contributed by atoms with Gasteiger partial charge in [0.05, 0.1) is 0 Å². The van der Waals surface area contributed by atoms with Crippen LogP contribution in [0.25, 0.3) is 0 Å². The first-order valence-corrected chi connectivity index (χ1v) is 5.89. The number of hydrogen-bond donors (Lipinski definition) is 2. The Bertz CT molecular complexity index is 358. The topological polar surface area (TPSA) is 52.0 Å². The Labute approximate surface area is 91.7 Å². The first kappa shape index (κ1) is 10.5. The van der Waals surface area contributed by atoms with Crippen molar-refractivity contribution in [3.05, 3.63) is 28.8 Å². The van der Waals surface area contributed by atoms with Crippen molar-refractivity contribution in [2.75, 3.05) is 5.73 Å². The molecule has 0 unspecified atom stereocenters. The van der Waals surface area contributed by atoms with E-state index >= 15 is 0 Å². The van der Waals surface area contributed by atoms with E-state index in [1.54, 1.807) is 0 Å². The zero-order chi connectivity index (χ0) is 10.8. The zero-order valence-electron chi connectivity index (χ0n) is 9.42. The van der Waals surface area contributed by atoms with Gasteiger partial charge in [0.15, 0.2) is 0 Å². The molecule has 0 amide bonds. The summed E-state index contributed by atoms with van der Waals surface area (Å²) in [5.41, 5.74) is 17.1. The number of hydrogen-bond acceptors (Lipinski definition) is 2. The minimum absolute atomic E-state index is 0.112. The van der Waals surface area contributed by atoms with E-state index in [4.69, 9.17) is 11.5 Å². The molecule has 4 N–H and O–H groups in total. The summed E-state index contributed by atoms with van der Waals surface area (Å²) < 4.78 is 0. The van der Waals surface area contributed by atoms with Gasteiger partial charge in [-0.1, -0.05) is 19.4 Å². The monoisotopic (exact) mass is 204 g/mol. The molecule has 0 spiro atoms. The standard InChI is InChI=1S/C13H20N2/c1-2-4-12(14)11-7-9-5-3-6-10(9)8-13(11)15/h7-8,12H,2-6,14-15H2,1H3/t12-/m1/s1. The maximum Gasteiger partial charge on any atom is 0.0365 e. The molecule has 0 bridgehead atoms. The Hall–Kier alpha value is -1.02. The molecule has 1 aromatic carbocycles. The molecule has 0 saturated heterocycles. The van der Waals surface area contributed by atoms with Crippen LogP contribution >= 0.6 is 0 Å². The molecule has 0 aromatic heterocycles. The molecule has 1 atom stereocenters. The number of fused-ring (bicyclic) bond motifs is 1. The van der Waals surface area contributed by atoms with Gasteiger partial charge in [-0.15, -0.1) is 0 Å². The summed E-state index contributed by atoms with van der Waals surface area (Å²) in [5, 5.41) is 0. The lowest BCUT2D eigenvalue weighted by atomic mass is 9.97. The Balaban J connectivity index is 2.31. The second-order valence-corrected chi connectivity index (χ2v) is 4.50. The number of nitrogens with two attached hydrogens (primary N) is 2. The van der Waals surface area contributed by atoms with Gasteiger partial charge in [-0.2, -0.15) is 0 Å². The third kappa shape index (κ3) is 2.00. The molecular formula is C13H20N2. The molecule has 2 rings (SSSR count). The van der Waals surface area contributed by atoms with Gasteiger partial charge in [0.2, 0.25) is 0 Å². The van der Waals surface area contributed by atoms with Crippen molar-refractivity contribution in [2.45, 2.75) is 45.1 Å². The highest BCUT2D eigenvalue weighted by molar-refractivity contribution is 5.54. The molecule has 0 aliphatic heterocycles. The van der Waals surface area contributed by atoms with Gasteiger partial charge in [-0.25, -0.2) is 0 Å². The van der Waals surface area contributed by atoms with E-state index in [0.29, 0.717) is 0 Å². The highest BCUT2D eigenvalue weighted by Crippen LogP contribution is 2.30. The minimum Gasteiger partial charge on any atom is -0.398 e. The molecule has 1 aliphatic rings. The summed E-state index contributed by atoms with van der Waals surface area (Å²) in [5.74, 6) is 0. The minimum atomic E-state index is 0.112. The number of rotatable bonds is 3. The summed E-state index contributed by atoms with van der Waals surface area (Å²) >= 11 is 0. The van der Waals surface area contributed by atoms with E-state index in [0.717, 1.165) is 24.1 Å². The maximum absolute atomic E-state index is 6.12. The van der Waals surface area contributed by atoms with E-state index in [-0.39, 0.29) is 6.04 Å². The predicted octanol–water partition coefficient (Wildman–Crippen LogP) is 2.56. The first-order chi connectivity index (χ1) is 7.22. The Morgan fingerprint density at radius 3 is 2.60 bits per heavy atom. The molecular weight excluding hydrogens is 184 g/mol. The van der Waals surface area contributed by atoms with Crippen molar-refractivity contribution in [2.24, 2.45) is 5.73 Å². The molecule has 1 aliphatic carbocycles. The van der Waals surface area contributed by atoms with Crippen LogP contribution in [0.1, 0.15) is 48.9 Å². The maximum atomic E-state index is 6.12. The third-order valence-electron chi connectivity index (χ3n) is 3.30. The highest BCUT2D eigenvalue weighted by atomic mass is 14.7. The summed E-state index contributed by atoms with van der Waals surface area (Å²) in [6.07, 6.45) is 5.77. The van der Waals surface area contributed by atoms with Crippen molar-refractivity contribution in [3.63, 3.8) is 0 Å². The van der Waals surface area contributed by atoms with Crippen LogP contribution in [0.5, 0.6) is 0 Å². The van der Waals surface area contributed by atoms with Crippen LogP contribution in [-0.2, 0) is 12.8 Å². The molecule has 2 nitrogen and oxygen atoms in total. The first-order valence-electron chi connectivity index (χ1n) is 5.89. The molecule has 0 radical (unpaired) electrons. The van der Waals surface area contributed by atoms with Crippen LogP contribution in [0, 0.1) is 0 Å². The van der Waals surface area contributed by atoms with Crippen molar-refractivity contribution in [3.8, 4) is 0 Å². The van der Waals surface area contributed by atoms with E-state index < -0.39 is 0 Å². The molecule has 2 heteroatoms. The molecule has 82 valence electrons. The van der Waals surface area contributed by atoms with Gasteiger partial charge < -0.3 is 11.5 Å². The fourth-order valence-corrected chi connectivity index (χ4v) is 2.45. The summed E-state index contributed by atoms with van der Waals surface area (Å²) in [6.45, 7) is 2.16. The van der Waals surface area contributed by atoms with Gasteiger partial charge in [0, 0.05) is 11.7 Å². The highest BCUT2D eigenvalue weighted by Gasteiger charge is 2.16. The van der Waals surface area contributed by atoms with Crippen LogP contribution in [0.4, 0.5) is 5.69 Å². The lowest BCUT2D eigenvalue weighted by Crippen LogP contribution is -2.12. The van der Waals surface area contributed by atoms with Crippen LogP contribution < -0.4 is 11.5 Å². The largest absolute Gasteiger partial charge is 0.398 e. The van der Waals surface area contributed by atoms with E-state index in [1.165, 1.54) is 30.4 Å². The van der Waals surface area contributed by atoms with Crippen molar-refractivity contribution in [1.29, 1.82) is 0 Å². The van der Waals surface area contributed by atoms with E-state index in [1.807, 2.05) is 0 Å². The van der Waals surface area contributed by atoms with Gasteiger partial charge >= 0.3 is 0 Å². The molecule has 0 heterocycles. The number of aryl methyl sites for hydroxylation is 2. The third-order valence-corrected chi connectivity index (χ3v) is 3.30. The van der Waals surface area contributed by atoms with Gasteiger partial charge in [0.25, 0.3) is 0 Å². The summed E-state index contributed by atoms with van der Waals surface area (Å²) in [4.78, 5) is 0. The van der Waals surface area contributed by atoms with E-state index in [2.05, 4.69) is 19.1 Å². The SMILES string of the molecule is CCC[C@@H](N)c1cc2c(cc1N)CCC2. The Morgan fingerprint density at radius 1 is 1.27 bits per heavy atom. The van der Waals surface area contributed by atoms with Crippen molar-refractivity contribution in [1.82, 2.24) is 0 Å². The normalized spacial score (nSPS) is 16.4. The fourth-order valence-electron chi connectivity index (χ4n) is 2.45. The molecule has 1 aromatic rings. The molecule has 0 saturated carbocycles. The Morgan fingerprint density at radius 2 is 1.93 bits per heavy atom. The smallest absolute Gasteiger partial charge is 0.0365 e.